The molecule has 0 atom stereocenters. The van der Waals surface area contributed by atoms with Crippen LogP contribution < -0.4 is 16.4 Å². The van der Waals surface area contributed by atoms with Gasteiger partial charge in [0, 0.05) is 19.3 Å². The summed E-state index contributed by atoms with van der Waals surface area (Å²) in [6.07, 6.45) is 0. The van der Waals surface area contributed by atoms with Crippen molar-refractivity contribution in [2.75, 3.05) is 37.9 Å². The van der Waals surface area contributed by atoms with E-state index in [-0.39, 0.29) is 18.1 Å². The number of ether oxygens (including phenoxy) is 1. The Kier molecular flexibility index (Phi) is 5.22. The lowest BCUT2D eigenvalue weighted by atomic mass is 10.2. The highest BCUT2D eigenvalue weighted by molar-refractivity contribution is 5.80. The van der Waals surface area contributed by atoms with E-state index in [0.717, 1.165) is 0 Å². The maximum absolute atomic E-state index is 13.3. The van der Waals surface area contributed by atoms with Crippen molar-refractivity contribution in [1.82, 2.24) is 5.32 Å². The predicted molar refractivity (Wildman–Crippen MR) is 64.2 cm³/mol. The number of amides is 1. The smallest absolute Gasteiger partial charge is 0.239 e. The molecule has 0 spiro atoms. The van der Waals surface area contributed by atoms with Gasteiger partial charge in [0.05, 0.1) is 18.8 Å². The first kappa shape index (κ1) is 13.2. The van der Waals surface area contributed by atoms with Gasteiger partial charge in [-0.1, -0.05) is 0 Å². The zero-order chi connectivity index (χ0) is 12.7. The molecular formula is C11H16FN3O2. The van der Waals surface area contributed by atoms with Crippen LogP contribution in [0.4, 0.5) is 15.8 Å². The third-order valence-electron chi connectivity index (χ3n) is 2.06. The van der Waals surface area contributed by atoms with Crippen LogP contribution in [0.1, 0.15) is 0 Å². The van der Waals surface area contributed by atoms with Crippen LogP contribution in [0.25, 0.3) is 0 Å². The molecule has 1 rings (SSSR count). The van der Waals surface area contributed by atoms with Crippen molar-refractivity contribution in [3.8, 4) is 0 Å². The number of hydrogen-bond acceptors (Lipinski definition) is 4. The third kappa shape index (κ3) is 4.69. The van der Waals surface area contributed by atoms with Gasteiger partial charge in [-0.3, -0.25) is 4.79 Å². The largest absolute Gasteiger partial charge is 0.399 e. The van der Waals surface area contributed by atoms with Crippen LogP contribution in [0.3, 0.4) is 0 Å². The van der Waals surface area contributed by atoms with Gasteiger partial charge in [-0.15, -0.1) is 0 Å². The second-order valence-corrected chi connectivity index (χ2v) is 3.44. The molecule has 1 aromatic rings. The summed E-state index contributed by atoms with van der Waals surface area (Å²) in [5.74, 6) is -0.701. The molecule has 5 nitrogen and oxygen atoms in total. The van der Waals surface area contributed by atoms with Crippen LogP contribution in [-0.2, 0) is 9.53 Å². The number of halogens is 1. The molecule has 0 unspecified atom stereocenters. The Bertz CT molecular complexity index is 385. The molecule has 1 amide bonds. The average Bonchev–Trinajstić information content (AvgIpc) is 2.28. The summed E-state index contributed by atoms with van der Waals surface area (Å²) in [6, 6.07) is 4.26. The monoisotopic (exact) mass is 241 g/mol. The first-order valence-electron chi connectivity index (χ1n) is 5.18. The van der Waals surface area contributed by atoms with E-state index in [9.17, 15) is 9.18 Å². The predicted octanol–water partition coefficient (Wildman–Crippen LogP) is 0.582. The summed E-state index contributed by atoms with van der Waals surface area (Å²) < 4.78 is 18.1. The SMILES string of the molecule is COCCNC(=O)CNc1ccc(N)cc1F. The quantitative estimate of drug-likeness (QED) is 0.503. The number of carbonyl (C=O) groups is 1. The zero-order valence-corrected chi connectivity index (χ0v) is 9.63. The number of hydrogen-bond donors (Lipinski definition) is 3. The first-order valence-corrected chi connectivity index (χ1v) is 5.18. The Morgan fingerprint density at radius 3 is 2.94 bits per heavy atom. The molecule has 0 bridgehead atoms. The molecule has 0 aliphatic carbocycles. The van der Waals surface area contributed by atoms with Crippen LogP contribution in [0.5, 0.6) is 0 Å². The lowest BCUT2D eigenvalue weighted by Gasteiger charge is -2.08. The van der Waals surface area contributed by atoms with E-state index in [1.807, 2.05) is 0 Å². The fraction of sp³-hybridized carbons (Fsp3) is 0.364. The van der Waals surface area contributed by atoms with E-state index in [1.54, 1.807) is 13.2 Å². The molecule has 0 aliphatic rings. The number of nitrogens with two attached hydrogens (primary N) is 1. The molecule has 0 fully saturated rings. The highest BCUT2D eigenvalue weighted by atomic mass is 19.1. The average molecular weight is 241 g/mol. The molecule has 4 N–H and O–H groups in total. The number of rotatable bonds is 6. The number of anilines is 2. The summed E-state index contributed by atoms with van der Waals surface area (Å²) in [6.45, 7) is 0.883. The number of nitrogens with one attached hydrogen (secondary N) is 2. The molecule has 94 valence electrons. The number of methoxy groups -OCH3 is 1. The zero-order valence-electron chi connectivity index (χ0n) is 9.63. The normalized spacial score (nSPS) is 10.0. The summed E-state index contributed by atoms with van der Waals surface area (Å²) in [5, 5.41) is 5.29. The van der Waals surface area contributed by atoms with Gasteiger partial charge in [-0.2, -0.15) is 0 Å². The second-order valence-electron chi connectivity index (χ2n) is 3.44. The fourth-order valence-corrected chi connectivity index (χ4v) is 1.21. The van der Waals surface area contributed by atoms with Crippen LogP contribution in [0.15, 0.2) is 18.2 Å². The second kappa shape index (κ2) is 6.70. The minimum Gasteiger partial charge on any atom is -0.399 e. The van der Waals surface area contributed by atoms with E-state index in [1.165, 1.54) is 12.1 Å². The summed E-state index contributed by atoms with van der Waals surface area (Å²) >= 11 is 0. The van der Waals surface area contributed by atoms with Gasteiger partial charge in [-0.25, -0.2) is 4.39 Å². The van der Waals surface area contributed by atoms with Crippen molar-refractivity contribution in [2.24, 2.45) is 0 Å². The molecule has 1 aromatic carbocycles. The maximum Gasteiger partial charge on any atom is 0.239 e. The van der Waals surface area contributed by atoms with E-state index >= 15 is 0 Å². The standard InChI is InChI=1S/C11H16FN3O2/c1-17-5-4-14-11(16)7-15-10-3-2-8(13)6-9(10)12/h2-3,6,15H,4-5,7,13H2,1H3,(H,14,16). The van der Waals surface area contributed by atoms with Crippen molar-refractivity contribution in [1.29, 1.82) is 0 Å². The summed E-state index contributed by atoms with van der Waals surface area (Å²) in [4.78, 5) is 11.3. The maximum atomic E-state index is 13.3. The molecule has 17 heavy (non-hydrogen) atoms. The molecule has 0 saturated heterocycles. The lowest BCUT2D eigenvalue weighted by molar-refractivity contribution is -0.119. The van der Waals surface area contributed by atoms with Crippen LogP contribution in [-0.4, -0.2) is 32.7 Å². The van der Waals surface area contributed by atoms with Crippen LogP contribution in [0.2, 0.25) is 0 Å². The van der Waals surface area contributed by atoms with Crippen molar-refractivity contribution in [3.63, 3.8) is 0 Å². The minimum atomic E-state index is -0.477. The van der Waals surface area contributed by atoms with Crippen molar-refractivity contribution < 1.29 is 13.9 Å². The number of benzene rings is 1. The van der Waals surface area contributed by atoms with Gasteiger partial charge >= 0.3 is 0 Å². The molecule has 0 aromatic heterocycles. The molecule has 0 heterocycles. The number of nitrogen functional groups attached to an aromatic ring is 1. The Balaban J connectivity index is 2.37. The van der Waals surface area contributed by atoms with Crippen LogP contribution >= 0.6 is 0 Å². The van der Waals surface area contributed by atoms with Crippen LogP contribution in [0, 0.1) is 5.82 Å². The van der Waals surface area contributed by atoms with Crippen molar-refractivity contribution >= 4 is 17.3 Å². The van der Waals surface area contributed by atoms with E-state index in [0.29, 0.717) is 18.8 Å². The Hall–Kier alpha value is -1.82. The Morgan fingerprint density at radius 1 is 1.53 bits per heavy atom. The lowest BCUT2D eigenvalue weighted by Crippen LogP contribution is -2.32. The van der Waals surface area contributed by atoms with Gasteiger partial charge in [-0.05, 0) is 18.2 Å². The minimum absolute atomic E-state index is 0.00452. The van der Waals surface area contributed by atoms with Gasteiger partial charge in [0.2, 0.25) is 5.91 Å². The molecule has 6 heteroatoms. The van der Waals surface area contributed by atoms with Gasteiger partial charge in [0.1, 0.15) is 5.82 Å². The highest BCUT2D eigenvalue weighted by Gasteiger charge is 2.04. The fourth-order valence-electron chi connectivity index (χ4n) is 1.21. The Labute approximate surface area is 99.1 Å². The van der Waals surface area contributed by atoms with Gasteiger partial charge in [0.15, 0.2) is 0 Å². The summed E-state index contributed by atoms with van der Waals surface area (Å²) in [5.41, 5.74) is 6.00. The first-order chi connectivity index (χ1) is 8.13. The van der Waals surface area contributed by atoms with E-state index in [4.69, 9.17) is 10.5 Å². The third-order valence-corrected chi connectivity index (χ3v) is 2.06. The molecule has 0 radical (unpaired) electrons. The van der Waals surface area contributed by atoms with Gasteiger partial charge < -0.3 is 21.1 Å². The van der Waals surface area contributed by atoms with Crippen molar-refractivity contribution in [2.45, 2.75) is 0 Å². The Morgan fingerprint density at radius 2 is 2.29 bits per heavy atom. The van der Waals surface area contributed by atoms with Crippen molar-refractivity contribution in [3.05, 3.63) is 24.0 Å². The molecular weight excluding hydrogens is 225 g/mol. The highest BCUT2D eigenvalue weighted by Crippen LogP contribution is 2.16. The molecule has 0 aliphatic heterocycles. The van der Waals surface area contributed by atoms with E-state index in [2.05, 4.69) is 10.6 Å². The van der Waals surface area contributed by atoms with Gasteiger partial charge in [0.25, 0.3) is 0 Å². The number of carbonyl (C=O) groups excluding carboxylic acids is 1. The molecule has 0 saturated carbocycles. The topological polar surface area (TPSA) is 76.4 Å². The van der Waals surface area contributed by atoms with E-state index < -0.39 is 5.82 Å². The summed E-state index contributed by atoms with van der Waals surface area (Å²) in [7, 11) is 1.55.